The van der Waals surface area contributed by atoms with Gasteiger partial charge in [-0.3, -0.25) is 4.79 Å². The zero-order valence-electron chi connectivity index (χ0n) is 8.49. The van der Waals surface area contributed by atoms with Crippen LogP contribution in [0.25, 0.3) is 0 Å². The van der Waals surface area contributed by atoms with Gasteiger partial charge in [0.25, 0.3) is 0 Å². The van der Waals surface area contributed by atoms with Crippen molar-refractivity contribution in [3.05, 3.63) is 33.8 Å². The second-order valence-electron chi connectivity index (χ2n) is 3.87. The molecule has 1 N–H and O–H groups in total. The third-order valence-electron chi connectivity index (χ3n) is 2.57. The van der Waals surface area contributed by atoms with E-state index in [2.05, 4.69) is 0 Å². The zero-order chi connectivity index (χ0) is 11.7. The van der Waals surface area contributed by atoms with Crippen LogP contribution in [0.15, 0.2) is 18.2 Å². The van der Waals surface area contributed by atoms with E-state index in [-0.39, 0.29) is 12.3 Å². The minimum absolute atomic E-state index is 0.0430. The molecular weight excluding hydrogens is 249 g/mol. The summed E-state index contributed by atoms with van der Waals surface area (Å²) in [5.74, 6) is -0.0430. The molecule has 1 amide bonds. The number of hydrogen-bond donors (Lipinski definition) is 1. The number of benzene rings is 1. The monoisotopic (exact) mass is 259 g/mol. The molecule has 16 heavy (non-hydrogen) atoms. The highest BCUT2D eigenvalue weighted by atomic mass is 35.5. The number of likely N-dealkylation sites (tertiary alicyclic amines) is 1. The third-order valence-corrected chi connectivity index (χ3v) is 3.16. The van der Waals surface area contributed by atoms with Crippen molar-refractivity contribution in [3.8, 4) is 0 Å². The number of aliphatic hydroxyl groups is 1. The SMILES string of the molecule is O=C1CC(O)CN1Cc1ccc(Cl)cc1Cl. The average molecular weight is 260 g/mol. The van der Waals surface area contributed by atoms with Crippen LogP contribution in [-0.4, -0.2) is 28.6 Å². The Morgan fingerprint density at radius 3 is 2.75 bits per heavy atom. The second-order valence-corrected chi connectivity index (χ2v) is 4.71. The van der Waals surface area contributed by atoms with E-state index in [0.29, 0.717) is 23.1 Å². The first-order valence-corrected chi connectivity index (χ1v) is 5.71. The van der Waals surface area contributed by atoms with Crippen molar-refractivity contribution in [2.24, 2.45) is 0 Å². The Morgan fingerprint density at radius 1 is 1.44 bits per heavy atom. The number of β-amino-alcohol motifs (C(OH)–C–C–N with tert-alkyl or cyclic N) is 1. The Labute approximate surface area is 104 Å². The molecule has 0 aliphatic carbocycles. The van der Waals surface area contributed by atoms with Crippen molar-refractivity contribution < 1.29 is 9.90 Å². The zero-order valence-corrected chi connectivity index (χ0v) is 10.0. The van der Waals surface area contributed by atoms with E-state index in [1.165, 1.54) is 0 Å². The fourth-order valence-corrected chi connectivity index (χ4v) is 2.23. The minimum atomic E-state index is -0.557. The Morgan fingerprint density at radius 2 is 2.19 bits per heavy atom. The van der Waals surface area contributed by atoms with Crippen LogP contribution >= 0.6 is 23.2 Å². The summed E-state index contributed by atoms with van der Waals surface area (Å²) in [5, 5.41) is 10.5. The fourth-order valence-electron chi connectivity index (χ4n) is 1.76. The van der Waals surface area contributed by atoms with Crippen molar-refractivity contribution in [1.82, 2.24) is 4.90 Å². The topological polar surface area (TPSA) is 40.5 Å². The molecule has 1 unspecified atom stereocenters. The maximum absolute atomic E-state index is 11.5. The van der Waals surface area contributed by atoms with E-state index in [4.69, 9.17) is 23.2 Å². The van der Waals surface area contributed by atoms with E-state index in [0.717, 1.165) is 5.56 Å². The normalized spacial score (nSPS) is 20.6. The average Bonchev–Trinajstić information content (AvgIpc) is 2.50. The van der Waals surface area contributed by atoms with Crippen LogP contribution in [0.4, 0.5) is 0 Å². The van der Waals surface area contributed by atoms with Crippen molar-refractivity contribution in [1.29, 1.82) is 0 Å². The molecule has 1 aliphatic heterocycles. The number of halogens is 2. The van der Waals surface area contributed by atoms with E-state index >= 15 is 0 Å². The molecule has 1 aliphatic rings. The molecule has 0 spiro atoms. The van der Waals surface area contributed by atoms with Gasteiger partial charge in [0.15, 0.2) is 0 Å². The largest absolute Gasteiger partial charge is 0.391 e. The first-order valence-electron chi connectivity index (χ1n) is 4.96. The van der Waals surface area contributed by atoms with Gasteiger partial charge in [-0.25, -0.2) is 0 Å². The first-order chi connectivity index (χ1) is 7.56. The first kappa shape index (κ1) is 11.7. The smallest absolute Gasteiger partial charge is 0.225 e. The fraction of sp³-hybridized carbons (Fsp3) is 0.364. The summed E-state index contributed by atoms with van der Waals surface area (Å²) >= 11 is 11.8. The predicted octanol–water partition coefficient (Wildman–Crippen LogP) is 2.09. The van der Waals surface area contributed by atoms with Gasteiger partial charge in [-0.1, -0.05) is 29.3 Å². The van der Waals surface area contributed by atoms with Crippen LogP contribution in [0, 0.1) is 0 Å². The molecule has 1 aromatic rings. The predicted molar refractivity (Wildman–Crippen MR) is 62.5 cm³/mol. The van der Waals surface area contributed by atoms with Gasteiger partial charge in [-0.05, 0) is 17.7 Å². The number of rotatable bonds is 2. The molecular formula is C11H11Cl2NO2. The Balaban J connectivity index is 2.12. The van der Waals surface area contributed by atoms with Crippen LogP contribution < -0.4 is 0 Å². The Hall–Kier alpha value is -0.770. The number of carbonyl (C=O) groups excluding carboxylic acids is 1. The van der Waals surface area contributed by atoms with Gasteiger partial charge in [0.05, 0.1) is 12.5 Å². The molecule has 0 bridgehead atoms. The summed E-state index contributed by atoms with van der Waals surface area (Å²) < 4.78 is 0. The van der Waals surface area contributed by atoms with Gasteiger partial charge in [0.2, 0.25) is 5.91 Å². The lowest BCUT2D eigenvalue weighted by Crippen LogP contribution is -2.25. The standard InChI is InChI=1S/C11H11Cl2NO2/c12-8-2-1-7(10(13)3-8)5-14-6-9(15)4-11(14)16/h1-3,9,15H,4-6H2. The van der Waals surface area contributed by atoms with E-state index in [1.807, 2.05) is 0 Å². The Kier molecular flexibility index (Phi) is 3.38. The number of carbonyl (C=O) groups is 1. The maximum Gasteiger partial charge on any atom is 0.225 e. The van der Waals surface area contributed by atoms with Crippen molar-refractivity contribution in [2.75, 3.05) is 6.54 Å². The van der Waals surface area contributed by atoms with Crippen LogP contribution in [0.3, 0.4) is 0 Å². The molecule has 0 radical (unpaired) electrons. The molecule has 0 aromatic heterocycles. The van der Waals surface area contributed by atoms with Gasteiger partial charge in [-0.2, -0.15) is 0 Å². The second kappa shape index (κ2) is 4.62. The lowest BCUT2D eigenvalue weighted by atomic mass is 10.2. The van der Waals surface area contributed by atoms with Crippen molar-refractivity contribution >= 4 is 29.1 Å². The molecule has 1 saturated heterocycles. The molecule has 0 saturated carbocycles. The van der Waals surface area contributed by atoms with Crippen LogP contribution in [-0.2, 0) is 11.3 Å². The van der Waals surface area contributed by atoms with Crippen LogP contribution in [0.2, 0.25) is 10.0 Å². The van der Waals surface area contributed by atoms with Gasteiger partial charge >= 0.3 is 0 Å². The summed E-state index contributed by atoms with van der Waals surface area (Å²) in [5.41, 5.74) is 0.841. The quantitative estimate of drug-likeness (QED) is 0.884. The van der Waals surface area contributed by atoms with Gasteiger partial charge < -0.3 is 10.0 Å². The number of hydrogen-bond acceptors (Lipinski definition) is 2. The van der Waals surface area contributed by atoms with E-state index in [1.54, 1.807) is 23.1 Å². The van der Waals surface area contributed by atoms with Gasteiger partial charge in [-0.15, -0.1) is 0 Å². The molecule has 86 valence electrons. The Bertz CT molecular complexity index is 422. The summed E-state index contributed by atoms with van der Waals surface area (Å²) in [6.07, 6.45) is -0.357. The molecule has 1 heterocycles. The number of nitrogens with zero attached hydrogens (tertiary/aromatic N) is 1. The summed E-state index contributed by atoms with van der Waals surface area (Å²) in [6.45, 7) is 0.795. The summed E-state index contributed by atoms with van der Waals surface area (Å²) in [6, 6.07) is 5.18. The highest BCUT2D eigenvalue weighted by Crippen LogP contribution is 2.24. The number of amides is 1. The highest BCUT2D eigenvalue weighted by molar-refractivity contribution is 6.35. The van der Waals surface area contributed by atoms with Crippen LogP contribution in [0.1, 0.15) is 12.0 Å². The summed E-state index contributed by atoms with van der Waals surface area (Å²) in [7, 11) is 0. The lowest BCUT2D eigenvalue weighted by molar-refractivity contribution is -0.128. The van der Waals surface area contributed by atoms with Gasteiger partial charge in [0.1, 0.15) is 0 Å². The molecule has 2 rings (SSSR count). The van der Waals surface area contributed by atoms with E-state index in [9.17, 15) is 9.90 Å². The van der Waals surface area contributed by atoms with Crippen molar-refractivity contribution in [2.45, 2.75) is 19.1 Å². The molecule has 5 heteroatoms. The van der Waals surface area contributed by atoms with Crippen molar-refractivity contribution in [3.63, 3.8) is 0 Å². The molecule has 1 aromatic carbocycles. The lowest BCUT2D eigenvalue weighted by Gasteiger charge is -2.16. The molecule has 3 nitrogen and oxygen atoms in total. The maximum atomic E-state index is 11.5. The third kappa shape index (κ3) is 2.48. The van der Waals surface area contributed by atoms with Gasteiger partial charge in [0, 0.05) is 23.1 Å². The summed E-state index contributed by atoms with van der Waals surface area (Å²) in [4.78, 5) is 13.1. The van der Waals surface area contributed by atoms with Crippen LogP contribution in [0.5, 0.6) is 0 Å². The minimum Gasteiger partial charge on any atom is -0.391 e. The molecule has 1 atom stereocenters. The highest BCUT2D eigenvalue weighted by Gasteiger charge is 2.28. The van der Waals surface area contributed by atoms with E-state index < -0.39 is 6.10 Å². The number of aliphatic hydroxyl groups excluding tert-OH is 1. The molecule has 1 fully saturated rings.